The van der Waals surface area contributed by atoms with Crippen molar-refractivity contribution in [2.75, 3.05) is 71.5 Å². The zero-order valence-electron chi connectivity index (χ0n) is 29.7. The summed E-state index contributed by atoms with van der Waals surface area (Å²) in [5.41, 5.74) is 2.68. The van der Waals surface area contributed by atoms with E-state index in [0.29, 0.717) is 35.1 Å². The summed E-state index contributed by atoms with van der Waals surface area (Å²) >= 11 is 0. The second-order valence-corrected chi connectivity index (χ2v) is 13.6. The van der Waals surface area contributed by atoms with Crippen LogP contribution in [-0.2, 0) is 13.0 Å². The fourth-order valence-electron chi connectivity index (χ4n) is 7.38. The van der Waals surface area contributed by atoms with E-state index in [-0.39, 0.29) is 23.2 Å². The molecule has 1 aromatic heterocycles. The third-order valence-corrected chi connectivity index (χ3v) is 10.5. The Balaban J connectivity index is 1.18. The molecule has 3 saturated heterocycles. The van der Waals surface area contributed by atoms with Crippen molar-refractivity contribution in [3.05, 3.63) is 124 Å². The number of fused-ring (bicyclic) bond motifs is 4. The first-order valence-corrected chi connectivity index (χ1v) is 17.7. The fourth-order valence-corrected chi connectivity index (χ4v) is 7.38. The van der Waals surface area contributed by atoms with E-state index in [1.54, 1.807) is 47.9 Å². The molecular weight excluding hydrogens is 666 g/mol. The summed E-state index contributed by atoms with van der Waals surface area (Å²) in [5, 5.41) is 0.257. The predicted molar refractivity (Wildman–Crippen MR) is 197 cm³/mol. The Bertz CT molecular complexity index is 2110. The highest BCUT2D eigenvalue weighted by Gasteiger charge is 2.37. The Morgan fingerprint density at radius 2 is 1.44 bits per heavy atom. The molecule has 3 fully saturated rings. The molecule has 0 unspecified atom stereocenters. The molecule has 0 atom stereocenters. The van der Waals surface area contributed by atoms with Crippen LogP contribution in [0.5, 0.6) is 17.2 Å². The van der Waals surface area contributed by atoms with Gasteiger partial charge in [-0.1, -0.05) is 24.3 Å². The van der Waals surface area contributed by atoms with Gasteiger partial charge in [0.1, 0.15) is 41.1 Å². The van der Waals surface area contributed by atoms with Crippen LogP contribution in [0.4, 0.5) is 14.5 Å². The number of piperazine rings is 3. The summed E-state index contributed by atoms with van der Waals surface area (Å²) in [7, 11) is 3.06. The maximum atomic E-state index is 14.2. The van der Waals surface area contributed by atoms with Gasteiger partial charge in [0, 0.05) is 80.2 Å². The van der Waals surface area contributed by atoms with E-state index in [1.165, 1.54) is 81.2 Å². The minimum Gasteiger partial charge on any atom is -0.497 e. The summed E-state index contributed by atoms with van der Waals surface area (Å²) in [5.74, 6) is -0.832. The Kier molecular flexibility index (Phi) is 9.98. The van der Waals surface area contributed by atoms with Gasteiger partial charge in [0.25, 0.3) is 5.91 Å². The number of quaternary nitrogens is 1. The molecule has 270 valence electrons. The third-order valence-electron chi connectivity index (χ3n) is 10.5. The fraction of sp³-hybridized carbons (Fsp3) is 0.317. The number of anilines is 1. The highest BCUT2D eigenvalue weighted by Crippen LogP contribution is 2.30. The van der Waals surface area contributed by atoms with Gasteiger partial charge in [-0.25, -0.2) is 8.78 Å². The molecule has 0 aliphatic carbocycles. The zero-order chi connectivity index (χ0) is 36.4. The number of halogens is 2. The zero-order valence-corrected chi connectivity index (χ0v) is 29.7. The molecule has 9 nitrogen and oxygen atoms in total. The first-order valence-electron chi connectivity index (χ1n) is 17.7. The van der Waals surface area contributed by atoms with Crippen molar-refractivity contribution in [3.63, 3.8) is 0 Å². The van der Waals surface area contributed by atoms with Crippen LogP contribution in [0.3, 0.4) is 0 Å². The second kappa shape index (κ2) is 14.8. The lowest BCUT2D eigenvalue weighted by Gasteiger charge is -2.50. The van der Waals surface area contributed by atoms with Gasteiger partial charge < -0.3 is 28.2 Å². The standard InChI is InChI=1S/C41H43F2N4O5/c1-4-45(32-20-30(42)19-31(43)21-32)41(49)38-26-46(33-22-35(50-2)24-36(23-33)51-3)39-25-34(9-10-37(39)40(38)48)52-27-29-7-5-28(6-8-29)11-15-47-16-12-44(13-17-47)14-18-47/h5-10,19-26H,4,11-18,27H2,1-3H3/q+1. The Hall–Kier alpha value is -5.26. The normalized spacial score (nSPS) is 18.0. The minimum atomic E-state index is -0.830. The van der Waals surface area contributed by atoms with Crippen molar-refractivity contribution in [1.82, 2.24) is 9.47 Å². The van der Waals surface area contributed by atoms with Crippen LogP contribution in [0.1, 0.15) is 28.4 Å². The summed E-state index contributed by atoms with van der Waals surface area (Å²) in [4.78, 5) is 31.7. The molecular formula is C41H43F2N4O5+. The number of hydrogen-bond donors (Lipinski definition) is 0. The van der Waals surface area contributed by atoms with Crippen LogP contribution >= 0.6 is 0 Å². The molecule has 3 aliphatic heterocycles. The molecule has 5 aromatic rings. The van der Waals surface area contributed by atoms with E-state index in [4.69, 9.17) is 14.2 Å². The van der Waals surface area contributed by atoms with E-state index in [9.17, 15) is 18.4 Å². The summed E-state index contributed by atoms with van der Waals surface area (Å²) in [6.07, 6.45) is 2.50. The van der Waals surface area contributed by atoms with Crippen LogP contribution in [0.25, 0.3) is 16.6 Å². The average Bonchev–Trinajstić information content (AvgIpc) is 3.17. The lowest BCUT2D eigenvalue weighted by molar-refractivity contribution is -0.940. The highest BCUT2D eigenvalue weighted by molar-refractivity contribution is 6.07. The number of pyridine rings is 1. The number of rotatable bonds is 12. The van der Waals surface area contributed by atoms with E-state index < -0.39 is 23.0 Å². The van der Waals surface area contributed by atoms with Gasteiger partial charge >= 0.3 is 0 Å². The SMILES string of the molecule is CCN(C(=O)c1cn(-c2cc(OC)cc(OC)c2)c2cc(OCc3ccc(CC[N+]45CCN(CC4)CC5)cc3)ccc2c1=O)c1cc(F)cc(F)c1. The Labute approximate surface area is 301 Å². The monoisotopic (exact) mass is 709 g/mol. The topological polar surface area (TPSA) is 73.2 Å². The van der Waals surface area contributed by atoms with Gasteiger partial charge in [-0.05, 0) is 42.3 Å². The van der Waals surface area contributed by atoms with Crippen molar-refractivity contribution in [2.45, 2.75) is 20.0 Å². The van der Waals surface area contributed by atoms with Gasteiger partial charge in [-0.15, -0.1) is 0 Å². The van der Waals surface area contributed by atoms with Crippen molar-refractivity contribution < 1.29 is 32.3 Å². The van der Waals surface area contributed by atoms with Crippen molar-refractivity contribution >= 4 is 22.5 Å². The Morgan fingerprint density at radius 1 is 0.808 bits per heavy atom. The van der Waals surface area contributed by atoms with Crippen LogP contribution in [0.15, 0.2) is 89.9 Å². The van der Waals surface area contributed by atoms with Crippen LogP contribution in [0, 0.1) is 11.6 Å². The first-order chi connectivity index (χ1) is 25.2. The third kappa shape index (κ3) is 7.24. The van der Waals surface area contributed by atoms with Crippen LogP contribution in [0.2, 0.25) is 0 Å². The molecule has 3 aliphatic rings. The van der Waals surface area contributed by atoms with E-state index in [0.717, 1.165) is 30.2 Å². The number of nitrogens with zero attached hydrogens (tertiary/aromatic N) is 4. The minimum absolute atomic E-state index is 0.00395. The lowest BCUT2D eigenvalue weighted by Crippen LogP contribution is -2.67. The number of aromatic nitrogens is 1. The molecule has 4 aromatic carbocycles. The van der Waals surface area contributed by atoms with Crippen molar-refractivity contribution in [1.29, 1.82) is 0 Å². The smallest absolute Gasteiger partial charge is 0.263 e. The second-order valence-electron chi connectivity index (χ2n) is 13.6. The number of carbonyl (C=O) groups excluding carboxylic acids is 1. The lowest BCUT2D eigenvalue weighted by atomic mass is 10.1. The van der Waals surface area contributed by atoms with E-state index in [2.05, 4.69) is 29.2 Å². The summed E-state index contributed by atoms with van der Waals surface area (Å²) in [6.45, 7) is 10.6. The van der Waals surface area contributed by atoms with Crippen LogP contribution < -0.4 is 24.5 Å². The van der Waals surface area contributed by atoms with Crippen molar-refractivity contribution in [2.24, 2.45) is 0 Å². The highest BCUT2D eigenvalue weighted by atomic mass is 19.1. The van der Waals surface area contributed by atoms with Crippen LogP contribution in [-0.4, -0.2) is 86.4 Å². The molecule has 11 heteroatoms. The van der Waals surface area contributed by atoms with Gasteiger partial charge in [0.05, 0.1) is 51.6 Å². The average molecular weight is 710 g/mol. The molecule has 0 radical (unpaired) electrons. The number of ether oxygens (including phenoxy) is 3. The number of methoxy groups -OCH3 is 2. The van der Waals surface area contributed by atoms with Gasteiger partial charge in [0.2, 0.25) is 5.43 Å². The molecule has 0 N–H and O–H groups in total. The first kappa shape index (κ1) is 35.2. The van der Waals surface area contributed by atoms with Crippen molar-refractivity contribution in [3.8, 4) is 22.9 Å². The van der Waals surface area contributed by atoms with Gasteiger partial charge in [-0.2, -0.15) is 0 Å². The largest absolute Gasteiger partial charge is 0.497 e. The predicted octanol–water partition coefficient (Wildman–Crippen LogP) is 6.22. The molecule has 2 bridgehead atoms. The van der Waals surface area contributed by atoms with E-state index in [1.807, 2.05) is 0 Å². The summed E-state index contributed by atoms with van der Waals surface area (Å²) < 4.78 is 48.6. The van der Waals surface area contributed by atoms with E-state index >= 15 is 0 Å². The summed E-state index contributed by atoms with van der Waals surface area (Å²) in [6, 6.07) is 21.7. The molecule has 8 rings (SSSR count). The number of carbonyl (C=O) groups is 1. The quantitative estimate of drug-likeness (QED) is 0.143. The molecule has 0 saturated carbocycles. The molecule has 52 heavy (non-hydrogen) atoms. The number of benzene rings is 4. The van der Waals surface area contributed by atoms with Gasteiger partial charge in [0.15, 0.2) is 0 Å². The molecule has 4 heterocycles. The maximum Gasteiger partial charge on any atom is 0.263 e. The molecule has 1 amide bonds. The maximum absolute atomic E-state index is 14.2. The molecule has 0 spiro atoms. The number of amides is 1. The number of hydrogen-bond acceptors (Lipinski definition) is 6. The van der Waals surface area contributed by atoms with Gasteiger partial charge in [-0.3, -0.25) is 14.5 Å². The Morgan fingerprint density at radius 3 is 2.06 bits per heavy atom.